The second kappa shape index (κ2) is 5.28. The third kappa shape index (κ3) is 2.83. The highest BCUT2D eigenvalue weighted by Crippen LogP contribution is 2.29. The lowest BCUT2D eigenvalue weighted by atomic mass is 10.0. The summed E-state index contributed by atoms with van der Waals surface area (Å²) in [5, 5.41) is -0.0687. The summed E-state index contributed by atoms with van der Waals surface area (Å²) in [4.78, 5) is 0. The molecule has 2 nitrogen and oxygen atoms in total. The van der Waals surface area contributed by atoms with Gasteiger partial charge in [0.1, 0.15) is 11.5 Å². The molecule has 0 saturated carbocycles. The van der Waals surface area contributed by atoms with Crippen LogP contribution in [0.1, 0.15) is 22.3 Å². The van der Waals surface area contributed by atoms with Gasteiger partial charge in [-0.1, -0.05) is 12.1 Å². The van der Waals surface area contributed by atoms with Crippen molar-refractivity contribution in [1.82, 2.24) is 0 Å². The number of furan rings is 1. The van der Waals surface area contributed by atoms with E-state index in [1.165, 1.54) is 0 Å². The lowest BCUT2D eigenvalue weighted by molar-refractivity contribution is 0.414. The Kier molecular flexibility index (Phi) is 3.75. The molecule has 0 N–H and O–H groups in total. The number of ether oxygens (including phenoxy) is 1. The van der Waals surface area contributed by atoms with Crippen molar-refractivity contribution in [2.75, 3.05) is 7.11 Å². The highest BCUT2D eigenvalue weighted by atomic mass is 35.5. The molecule has 1 atom stereocenters. The Labute approximate surface area is 106 Å². The van der Waals surface area contributed by atoms with Crippen LogP contribution >= 0.6 is 11.6 Å². The van der Waals surface area contributed by atoms with Gasteiger partial charge in [-0.25, -0.2) is 0 Å². The minimum absolute atomic E-state index is 0.0687. The third-order valence-electron chi connectivity index (χ3n) is 2.79. The van der Waals surface area contributed by atoms with Gasteiger partial charge in [0, 0.05) is 5.56 Å². The van der Waals surface area contributed by atoms with Crippen molar-refractivity contribution in [3.8, 4) is 5.75 Å². The highest BCUT2D eigenvalue weighted by molar-refractivity contribution is 6.21. The summed E-state index contributed by atoms with van der Waals surface area (Å²) < 4.78 is 10.4. The zero-order valence-corrected chi connectivity index (χ0v) is 10.7. The summed E-state index contributed by atoms with van der Waals surface area (Å²) in [5.74, 6) is 1.74. The molecular weight excluding hydrogens is 236 g/mol. The number of aryl methyl sites for hydroxylation is 1. The molecule has 1 aromatic heterocycles. The van der Waals surface area contributed by atoms with Crippen LogP contribution < -0.4 is 4.74 Å². The van der Waals surface area contributed by atoms with E-state index >= 15 is 0 Å². The molecule has 0 amide bonds. The lowest BCUT2D eigenvalue weighted by Gasteiger charge is -2.09. The number of alkyl halides is 1. The van der Waals surface area contributed by atoms with E-state index in [1.807, 2.05) is 37.3 Å². The summed E-state index contributed by atoms with van der Waals surface area (Å²) in [7, 11) is 1.66. The molecule has 2 rings (SSSR count). The number of benzene rings is 1. The summed E-state index contributed by atoms with van der Waals surface area (Å²) in [6.07, 6.45) is 2.44. The molecule has 0 aliphatic carbocycles. The van der Waals surface area contributed by atoms with Gasteiger partial charge in [-0.05, 0) is 37.1 Å². The van der Waals surface area contributed by atoms with Gasteiger partial charge >= 0.3 is 0 Å². The van der Waals surface area contributed by atoms with Gasteiger partial charge in [-0.15, -0.1) is 11.6 Å². The smallest absolute Gasteiger partial charge is 0.119 e. The van der Waals surface area contributed by atoms with Crippen LogP contribution in [0.5, 0.6) is 5.75 Å². The fourth-order valence-corrected chi connectivity index (χ4v) is 2.24. The Bertz CT molecular complexity index is 490. The summed E-state index contributed by atoms with van der Waals surface area (Å²) in [5.41, 5.74) is 2.21. The van der Waals surface area contributed by atoms with E-state index in [0.717, 1.165) is 29.1 Å². The van der Waals surface area contributed by atoms with Gasteiger partial charge in [0.2, 0.25) is 0 Å². The normalized spacial score (nSPS) is 12.4. The van der Waals surface area contributed by atoms with Crippen molar-refractivity contribution in [2.24, 2.45) is 0 Å². The summed E-state index contributed by atoms with van der Waals surface area (Å²) in [6.45, 7) is 1.93. The van der Waals surface area contributed by atoms with Gasteiger partial charge in [-0.3, -0.25) is 0 Å². The molecule has 2 aromatic rings. The van der Waals surface area contributed by atoms with Gasteiger partial charge in [0.25, 0.3) is 0 Å². The zero-order valence-electron chi connectivity index (χ0n) is 9.94. The number of hydrogen-bond donors (Lipinski definition) is 0. The summed E-state index contributed by atoms with van der Waals surface area (Å²) in [6, 6.07) is 9.88. The maximum absolute atomic E-state index is 6.38. The Morgan fingerprint density at radius 1 is 1.35 bits per heavy atom. The van der Waals surface area contributed by atoms with Crippen molar-refractivity contribution in [3.63, 3.8) is 0 Å². The molecule has 3 heteroatoms. The third-order valence-corrected chi connectivity index (χ3v) is 3.17. The number of rotatable bonds is 4. The van der Waals surface area contributed by atoms with Crippen LogP contribution in [0.4, 0.5) is 0 Å². The van der Waals surface area contributed by atoms with Crippen LogP contribution in [-0.2, 0) is 6.42 Å². The molecule has 0 saturated heterocycles. The molecule has 0 bridgehead atoms. The maximum Gasteiger partial charge on any atom is 0.119 e. The average Bonchev–Trinajstić information content (AvgIpc) is 2.76. The number of halogens is 1. The van der Waals surface area contributed by atoms with Gasteiger partial charge in [0.05, 0.1) is 18.8 Å². The molecule has 1 unspecified atom stereocenters. The van der Waals surface area contributed by atoms with Crippen molar-refractivity contribution in [2.45, 2.75) is 18.7 Å². The van der Waals surface area contributed by atoms with Crippen molar-refractivity contribution in [1.29, 1.82) is 0 Å². The fraction of sp³-hybridized carbons (Fsp3) is 0.286. The summed E-state index contributed by atoms with van der Waals surface area (Å²) >= 11 is 6.38. The second-order valence-corrected chi connectivity index (χ2v) is 4.48. The number of hydrogen-bond acceptors (Lipinski definition) is 2. The van der Waals surface area contributed by atoms with E-state index in [4.69, 9.17) is 20.8 Å². The van der Waals surface area contributed by atoms with Crippen molar-refractivity contribution < 1.29 is 9.15 Å². The first kappa shape index (κ1) is 12.1. The molecule has 0 radical (unpaired) electrons. The molecule has 17 heavy (non-hydrogen) atoms. The van der Waals surface area contributed by atoms with Crippen molar-refractivity contribution >= 4 is 11.6 Å². The predicted molar refractivity (Wildman–Crippen MR) is 68.7 cm³/mol. The lowest BCUT2D eigenvalue weighted by Crippen LogP contribution is -1.96. The SMILES string of the molecule is COc1cccc(CC(Cl)c2ccoc2C)c1. The zero-order chi connectivity index (χ0) is 12.3. The van der Waals surface area contributed by atoms with Crippen molar-refractivity contribution in [3.05, 3.63) is 53.5 Å². The van der Waals surface area contributed by atoms with Crippen LogP contribution in [0.15, 0.2) is 41.0 Å². The van der Waals surface area contributed by atoms with E-state index in [2.05, 4.69) is 0 Å². The fourth-order valence-electron chi connectivity index (χ4n) is 1.84. The Morgan fingerprint density at radius 2 is 2.18 bits per heavy atom. The first-order valence-electron chi connectivity index (χ1n) is 5.51. The Hall–Kier alpha value is -1.41. The van der Waals surface area contributed by atoms with E-state index in [-0.39, 0.29) is 5.38 Å². The number of methoxy groups -OCH3 is 1. The van der Waals surface area contributed by atoms with Crippen LogP contribution in [0, 0.1) is 6.92 Å². The van der Waals surface area contributed by atoms with Gasteiger partial charge in [-0.2, -0.15) is 0 Å². The molecule has 1 heterocycles. The largest absolute Gasteiger partial charge is 0.497 e. The van der Waals surface area contributed by atoms with Gasteiger partial charge in [0.15, 0.2) is 0 Å². The first-order valence-corrected chi connectivity index (χ1v) is 5.95. The molecular formula is C14H15ClO2. The van der Waals surface area contributed by atoms with Gasteiger partial charge < -0.3 is 9.15 Å². The Balaban J connectivity index is 2.13. The first-order chi connectivity index (χ1) is 8.20. The van der Waals surface area contributed by atoms with E-state index in [9.17, 15) is 0 Å². The van der Waals surface area contributed by atoms with Crippen LogP contribution in [-0.4, -0.2) is 7.11 Å². The Morgan fingerprint density at radius 3 is 2.82 bits per heavy atom. The highest BCUT2D eigenvalue weighted by Gasteiger charge is 2.13. The molecule has 1 aromatic carbocycles. The minimum Gasteiger partial charge on any atom is -0.497 e. The monoisotopic (exact) mass is 250 g/mol. The molecule has 0 aliphatic heterocycles. The van der Waals surface area contributed by atoms with Crippen LogP contribution in [0.2, 0.25) is 0 Å². The van der Waals surface area contributed by atoms with Crippen LogP contribution in [0.3, 0.4) is 0 Å². The van der Waals surface area contributed by atoms with E-state index in [1.54, 1.807) is 13.4 Å². The average molecular weight is 251 g/mol. The van der Waals surface area contributed by atoms with E-state index in [0.29, 0.717) is 0 Å². The topological polar surface area (TPSA) is 22.4 Å². The van der Waals surface area contributed by atoms with Crippen LogP contribution in [0.25, 0.3) is 0 Å². The molecule has 0 spiro atoms. The molecule has 90 valence electrons. The standard InChI is InChI=1S/C14H15ClO2/c1-10-13(6-7-17-10)14(15)9-11-4-3-5-12(8-11)16-2/h3-8,14H,9H2,1-2H3. The second-order valence-electron chi connectivity index (χ2n) is 3.96. The predicted octanol–water partition coefficient (Wildman–Crippen LogP) is 4.12. The minimum atomic E-state index is -0.0687. The maximum atomic E-state index is 6.38. The molecule has 0 aliphatic rings. The molecule has 0 fully saturated rings. The quantitative estimate of drug-likeness (QED) is 0.762. The van der Waals surface area contributed by atoms with E-state index < -0.39 is 0 Å².